The fourth-order valence-corrected chi connectivity index (χ4v) is 3.26. The smallest absolute Gasteiger partial charge is 0.271 e. The van der Waals surface area contributed by atoms with Crippen molar-refractivity contribution >= 4 is 22.8 Å². The SMILES string of the molecule is CC1(NC(=O)c2ncnc3[nH]ccc23)CCN(C(=O)c2cc[nH]c2)C1. The quantitative estimate of drug-likeness (QED) is 0.669. The number of hydrogen-bond acceptors (Lipinski definition) is 4. The summed E-state index contributed by atoms with van der Waals surface area (Å²) in [5, 5.41) is 3.72. The molecule has 0 bridgehead atoms. The number of rotatable bonds is 3. The molecule has 2 amide bonds. The van der Waals surface area contributed by atoms with Crippen molar-refractivity contribution in [2.75, 3.05) is 13.1 Å². The van der Waals surface area contributed by atoms with Crippen molar-refractivity contribution in [2.24, 2.45) is 0 Å². The molecule has 3 N–H and O–H groups in total. The maximum absolute atomic E-state index is 12.7. The zero-order valence-electron chi connectivity index (χ0n) is 13.7. The largest absolute Gasteiger partial charge is 0.367 e. The number of hydrogen-bond donors (Lipinski definition) is 3. The molecular formula is C17H18N6O2. The van der Waals surface area contributed by atoms with E-state index in [9.17, 15) is 9.59 Å². The number of amides is 2. The highest BCUT2D eigenvalue weighted by Crippen LogP contribution is 2.23. The van der Waals surface area contributed by atoms with E-state index in [0.29, 0.717) is 41.8 Å². The van der Waals surface area contributed by atoms with Crippen LogP contribution in [0.15, 0.2) is 37.1 Å². The van der Waals surface area contributed by atoms with Gasteiger partial charge in [0.1, 0.15) is 17.7 Å². The Hall–Kier alpha value is -3.16. The monoisotopic (exact) mass is 338 g/mol. The van der Waals surface area contributed by atoms with Crippen molar-refractivity contribution in [2.45, 2.75) is 18.9 Å². The van der Waals surface area contributed by atoms with Crippen molar-refractivity contribution in [1.82, 2.24) is 30.2 Å². The van der Waals surface area contributed by atoms with Gasteiger partial charge in [-0.2, -0.15) is 0 Å². The molecule has 4 rings (SSSR count). The van der Waals surface area contributed by atoms with Crippen LogP contribution in [0.3, 0.4) is 0 Å². The van der Waals surface area contributed by atoms with Crippen LogP contribution in [-0.4, -0.2) is 55.3 Å². The number of nitrogens with zero attached hydrogens (tertiary/aromatic N) is 3. The second kappa shape index (κ2) is 5.73. The highest BCUT2D eigenvalue weighted by Gasteiger charge is 2.38. The number of likely N-dealkylation sites (tertiary alicyclic amines) is 1. The van der Waals surface area contributed by atoms with Gasteiger partial charge in [0.25, 0.3) is 11.8 Å². The van der Waals surface area contributed by atoms with E-state index < -0.39 is 5.54 Å². The van der Waals surface area contributed by atoms with E-state index in [1.807, 2.05) is 6.92 Å². The van der Waals surface area contributed by atoms with Crippen LogP contribution >= 0.6 is 0 Å². The van der Waals surface area contributed by atoms with Gasteiger partial charge >= 0.3 is 0 Å². The summed E-state index contributed by atoms with van der Waals surface area (Å²) in [4.78, 5) is 41.0. The highest BCUT2D eigenvalue weighted by molar-refractivity contribution is 6.04. The Morgan fingerprint density at radius 2 is 2.16 bits per heavy atom. The maximum Gasteiger partial charge on any atom is 0.271 e. The summed E-state index contributed by atoms with van der Waals surface area (Å²) in [7, 11) is 0. The van der Waals surface area contributed by atoms with E-state index >= 15 is 0 Å². The summed E-state index contributed by atoms with van der Waals surface area (Å²) in [5.41, 5.74) is 1.10. The van der Waals surface area contributed by atoms with Gasteiger partial charge in [-0.15, -0.1) is 0 Å². The number of H-pyrrole nitrogens is 2. The van der Waals surface area contributed by atoms with Crippen molar-refractivity contribution in [3.8, 4) is 0 Å². The summed E-state index contributed by atoms with van der Waals surface area (Å²) in [6, 6.07) is 3.53. The molecule has 8 heteroatoms. The maximum atomic E-state index is 12.7. The number of fused-ring (bicyclic) bond motifs is 1. The first-order valence-electron chi connectivity index (χ1n) is 8.08. The summed E-state index contributed by atoms with van der Waals surface area (Å²) in [6.45, 7) is 3.01. The first-order chi connectivity index (χ1) is 12.1. The van der Waals surface area contributed by atoms with Crippen LogP contribution in [0.5, 0.6) is 0 Å². The minimum Gasteiger partial charge on any atom is -0.367 e. The Kier molecular flexibility index (Phi) is 3.52. The molecular weight excluding hydrogens is 320 g/mol. The molecule has 4 heterocycles. The molecule has 1 saturated heterocycles. The van der Waals surface area contributed by atoms with Crippen molar-refractivity contribution in [3.63, 3.8) is 0 Å². The standard InChI is InChI=1S/C17H18N6O2/c1-17(4-7-23(9-17)16(25)11-2-5-18-8-11)22-15(24)13-12-3-6-19-14(12)21-10-20-13/h2-3,5-6,8,10,18H,4,7,9H2,1H3,(H,22,24)(H,19,20,21). The number of aromatic nitrogens is 4. The van der Waals surface area contributed by atoms with E-state index in [2.05, 4.69) is 25.3 Å². The first kappa shape index (κ1) is 15.4. The van der Waals surface area contributed by atoms with Crippen molar-refractivity contribution in [1.29, 1.82) is 0 Å². The average Bonchev–Trinajstić information content (AvgIpc) is 3.34. The van der Waals surface area contributed by atoms with E-state index in [4.69, 9.17) is 0 Å². The lowest BCUT2D eigenvalue weighted by molar-refractivity contribution is 0.0769. The second-order valence-electron chi connectivity index (χ2n) is 6.55. The summed E-state index contributed by atoms with van der Waals surface area (Å²) < 4.78 is 0. The molecule has 1 fully saturated rings. The molecule has 3 aromatic rings. The number of nitrogens with one attached hydrogen (secondary N) is 3. The Labute approximate surface area is 143 Å². The predicted octanol–water partition coefficient (Wildman–Crippen LogP) is 1.32. The van der Waals surface area contributed by atoms with Gasteiger partial charge in [-0.1, -0.05) is 0 Å². The molecule has 0 aromatic carbocycles. The number of aromatic amines is 2. The Morgan fingerprint density at radius 1 is 1.28 bits per heavy atom. The van der Waals surface area contributed by atoms with Gasteiger partial charge in [-0.05, 0) is 25.5 Å². The third-order valence-corrected chi connectivity index (χ3v) is 4.59. The molecule has 0 saturated carbocycles. The number of carbonyl (C=O) groups is 2. The summed E-state index contributed by atoms with van der Waals surface area (Å²) >= 11 is 0. The van der Waals surface area contributed by atoms with Gasteiger partial charge in [0.2, 0.25) is 0 Å². The van der Waals surface area contributed by atoms with Gasteiger partial charge in [-0.3, -0.25) is 9.59 Å². The van der Waals surface area contributed by atoms with Crippen LogP contribution in [0, 0.1) is 0 Å². The Balaban J connectivity index is 1.50. The van der Waals surface area contributed by atoms with Crippen LogP contribution in [0.4, 0.5) is 0 Å². The lowest BCUT2D eigenvalue weighted by Crippen LogP contribution is -2.48. The van der Waals surface area contributed by atoms with E-state index in [0.717, 1.165) is 0 Å². The van der Waals surface area contributed by atoms with Crippen LogP contribution < -0.4 is 5.32 Å². The third-order valence-electron chi connectivity index (χ3n) is 4.59. The van der Waals surface area contributed by atoms with Gasteiger partial charge in [-0.25, -0.2) is 9.97 Å². The van der Waals surface area contributed by atoms with Gasteiger partial charge in [0, 0.05) is 31.7 Å². The number of carbonyl (C=O) groups excluding carboxylic acids is 2. The molecule has 128 valence electrons. The molecule has 3 aromatic heterocycles. The second-order valence-corrected chi connectivity index (χ2v) is 6.55. The van der Waals surface area contributed by atoms with Crippen LogP contribution in [0.1, 0.15) is 34.2 Å². The molecule has 0 aliphatic carbocycles. The first-order valence-corrected chi connectivity index (χ1v) is 8.08. The normalized spacial score (nSPS) is 20.1. The van der Waals surface area contributed by atoms with Gasteiger partial charge < -0.3 is 20.2 Å². The van der Waals surface area contributed by atoms with Gasteiger partial charge in [0.05, 0.1) is 16.5 Å². The lowest BCUT2D eigenvalue weighted by atomic mass is 10.0. The predicted molar refractivity (Wildman–Crippen MR) is 91.1 cm³/mol. The summed E-state index contributed by atoms with van der Waals surface area (Å²) in [6.07, 6.45) is 7.19. The van der Waals surface area contributed by atoms with E-state index in [1.165, 1.54) is 6.33 Å². The fourth-order valence-electron chi connectivity index (χ4n) is 3.26. The molecule has 1 atom stereocenters. The highest BCUT2D eigenvalue weighted by atomic mass is 16.2. The molecule has 8 nitrogen and oxygen atoms in total. The zero-order valence-corrected chi connectivity index (χ0v) is 13.7. The summed E-state index contributed by atoms with van der Waals surface area (Å²) in [5.74, 6) is -0.292. The van der Waals surface area contributed by atoms with Crippen LogP contribution in [0.25, 0.3) is 11.0 Å². The minimum absolute atomic E-state index is 0.0331. The zero-order chi connectivity index (χ0) is 17.4. The van der Waals surface area contributed by atoms with E-state index in [-0.39, 0.29) is 11.8 Å². The molecule has 1 unspecified atom stereocenters. The van der Waals surface area contributed by atoms with Crippen LogP contribution in [-0.2, 0) is 0 Å². The van der Waals surface area contributed by atoms with E-state index in [1.54, 1.807) is 35.6 Å². The minimum atomic E-state index is -0.489. The Bertz CT molecular complexity index is 932. The molecule has 1 aliphatic heterocycles. The fraction of sp³-hybridized carbons (Fsp3) is 0.294. The van der Waals surface area contributed by atoms with Gasteiger partial charge in [0.15, 0.2) is 0 Å². The average molecular weight is 338 g/mol. The lowest BCUT2D eigenvalue weighted by Gasteiger charge is -2.26. The third kappa shape index (κ3) is 2.75. The molecule has 1 aliphatic rings. The molecule has 25 heavy (non-hydrogen) atoms. The molecule has 0 spiro atoms. The van der Waals surface area contributed by atoms with Crippen LogP contribution in [0.2, 0.25) is 0 Å². The molecule has 0 radical (unpaired) electrons. The van der Waals surface area contributed by atoms with Crippen molar-refractivity contribution in [3.05, 3.63) is 48.3 Å². The topological polar surface area (TPSA) is 107 Å². The Morgan fingerprint density at radius 3 is 2.96 bits per heavy atom. The van der Waals surface area contributed by atoms with Crippen molar-refractivity contribution < 1.29 is 9.59 Å².